The van der Waals surface area contributed by atoms with Gasteiger partial charge < -0.3 is 11.1 Å². The summed E-state index contributed by atoms with van der Waals surface area (Å²) in [5.74, 6) is -0.699. The van der Waals surface area contributed by atoms with Crippen LogP contribution >= 0.6 is 0 Å². The standard InChI is InChI=1S/C15H19N5O2/c1-10-6-11(2)8-12(7-10)20-18-9-13(19-20)15(22)17-5-3-4-14(16)21/h6-9H,3-5H2,1-2H3,(H2,16,21)(H,17,22). The lowest BCUT2D eigenvalue weighted by Gasteiger charge is -2.03. The Kier molecular flexibility index (Phi) is 4.88. The van der Waals surface area contributed by atoms with Crippen LogP contribution in [0.1, 0.15) is 34.5 Å². The first-order valence-corrected chi connectivity index (χ1v) is 7.03. The first kappa shape index (κ1) is 15.7. The zero-order valence-electron chi connectivity index (χ0n) is 12.7. The Bertz CT molecular complexity index is 673. The van der Waals surface area contributed by atoms with Crippen LogP contribution in [0.5, 0.6) is 0 Å². The molecule has 2 amide bonds. The average Bonchev–Trinajstić information content (AvgIpc) is 2.92. The Morgan fingerprint density at radius 1 is 1.23 bits per heavy atom. The predicted molar refractivity (Wildman–Crippen MR) is 81.6 cm³/mol. The van der Waals surface area contributed by atoms with Crippen molar-refractivity contribution < 1.29 is 9.59 Å². The lowest BCUT2D eigenvalue weighted by molar-refractivity contribution is -0.118. The van der Waals surface area contributed by atoms with Crippen molar-refractivity contribution in [2.24, 2.45) is 5.73 Å². The molecule has 0 saturated carbocycles. The van der Waals surface area contributed by atoms with Crippen LogP contribution in [0.15, 0.2) is 24.4 Å². The minimum Gasteiger partial charge on any atom is -0.370 e. The monoisotopic (exact) mass is 301 g/mol. The normalized spacial score (nSPS) is 10.5. The van der Waals surface area contributed by atoms with E-state index in [1.54, 1.807) is 0 Å². The maximum atomic E-state index is 11.9. The molecule has 0 spiro atoms. The second kappa shape index (κ2) is 6.84. The van der Waals surface area contributed by atoms with Gasteiger partial charge in [0.2, 0.25) is 5.91 Å². The molecule has 0 aliphatic heterocycles. The lowest BCUT2D eigenvalue weighted by atomic mass is 10.1. The third-order valence-corrected chi connectivity index (χ3v) is 3.05. The topological polar surface area (TPSA) is 103 Å². The molecule has 0 atom stereocenters. The Balaban J connectivity index is 2.01. The van der Waals surface area contributed by atoms with Crippen molar-refractivity contribution in [3.63, 3.8) is 0 Å². The molecule has 0 fully saturated rings. The maximum absolute atomic E-state index is 11.9. The molecule has 7 nitrogen and oxygen atoms in total. The van der Waals surface area contributed by atoms with Gasteiger partial charge in [-0.3, -0.25) is 9.59 Å². The SMILES string of the molecule is Cc1cc(C)cc(-n2ncc(C(=O)NCCCC(N)=O)n2)c1. The van der Waals surface area contributed by atoms with E-state index >= 15 is 0 Å². The van der Waals surface area contributed by atoms with E-state index in [1.165, 1.54) is 11.0 Å². The molecule has 1 aromatic heterocycles. The van der Waals surface area contributed by atoms with Crippen molar-refractivity contribution >= 4 is 11.8 Å². The van der Waals surface area contributed by atoms with Crippen molar-refractivity contribution in [1.29, 1.82) is 0 Å². The molecule has 3 N–H and O–H groups in total. The van der Waals surface area contributed by atoms with Gasteiger partial charge in [0.25, 0.3) is 5.91 Å². The second-order valence-electron chi connectivity index (χ2n) is 5.19. The first-order chi connectivity index (χ1) is 10.5. The van der Waals surface area contributed by atoms with Gasteiger partial charge in [-0.1, -0.05) is 6.07 Å². The molecule has 0 aliphatic carbocycles. The minimum absolute atomic E-state index is 0.234. The Morgan fingerprint density at radius 2 is 1.91 bits per heavy atom. The van der Waals surface area contributed by atoms with E-state index in [-0.39, 0.29) is 23.9 Å². The molecule has 0 saturated heterocycles. The number of benzene rings is 1. The average molecular weight is 301 g/mol. The number of nitrogens with two attached hydrogens (primary N) is 1. The highest BCUT2D eigenvalue weighted by Crippen LogP contribution is 2.12. The fourth-order valence-corrected chi connectivity index (χ4v) is 2.11. The highest BCUT2D eigenvalue weighted by Gasteiger charge is 2.11. The van der Waals surface area contributed by atoms with Gasteiger partial charge in [-0.25, -0.2) is 0 Å². The summed E-state index contributed by atoms with van der Waals surface area (Å²) in [6.45, 7) is 4.36. The van der Waals surface area contributed by atoms with Crippen molar-refractivity contribution in [2.45, 2.75) is 26.7 Å². The molecule has 0 unspecified atom stereocenters. The van der Waals surface area contributed by atoms with E-state index in [0.717, 1.165) is 16.8 Å². The van der Waals surface area contributed by atoms with Crippen molar-refractivity contribution in [1.82, 2.24) is 20.3 Å². The van der Waals surface area contributed by atoms with Gasteiger partial charge in [-0.2, -0.15) is 9.90 Å². The van der Waals surface area contributed by atoms with Gasteiger partial charge in [0, 0.05) is 13.0 Å². The third-order valence-electron chi connectivity index (χ3n) is 3.05. The number of carbonyl (C=O) groups is 2. The number of carbonyl (C=O) groups excluding carboxylic acids is 2. The van der Waals surface area contributed by atoms with E-state index in [1.807, 2.05) is 26.0 Å². The summed E-state index contributed by atoms with van der Waals surface area (Å²) in [6, 6.07) is 5.95. The highest BCUT2D eigenvalue weighted by atomic mass is 16.2. The largest absolute Gasteiger partial charge is 0.370 e. The Hall–Kier alpha value is -2.70. The lowest BCUT2D eigenvalue weighted by Crippen LogP contribution is -2.26. The van der Waals surface area contributed by atoms with Crippen molar-refractivity contribution in [3.8, 4) is 5.69 Å². The van der Waals surface area contributed by atoms with Gasteiger partial charge in [-0.05, 0) is 43.5 Å². The van der Waals surface area contributed by atoms with Crippen LogP contribution in [0.3, 0.4) is 0 Å². The molecule has 2 rings (SSSR count). The summed E-state index contributed by atoms with van der Waals surface area (Å²) in [5.41, 5.74) is 8.28. The fourth-order valence-electron chi connectivity index (χ4n) is 2.11. The molecule has 0 radical (unpaired) electrons. The smallest absolute Gasteiger partial charge is 0.273 e. The molecule has 0 bridgehead atoms. The molecule has 2 aromatic rings. The number of rotatable bonds is 6. The summed E-state index contributed by atoms with van der Waals surface area (Å²) >= 11 is 0. The number of primary amides is 1. The Labute approximate surface area is 128 Å². The molecule has 22 heavy (non-hydrogen) atoms. The van der Waals surface area contributed by atoms with Crippen molar-refractivity contribution in [3.05, 3.63) is 41.2 Å². The van der Waals surface area contributed by atoms with E-state index in [0.29, 0.717) is 13.0 Å². The second-order valence-corrected chi connectivity index (χ2v) is 5.19. The molecule has 116 valence electrons. The number of hydrogen-bond donors (Lipinski definition) is 2. The van der Waals surface area contributed by atoms with Crippen LogP contribution in [0.25, 0.3) is 5.69 Å². The van der Waals surface area contributed by atoms with Crippen LogP contribution in [0.4, 0.5) is 0 Å². The maximum Gasteiger partial charge on any atom is 0.273 e. The van der Waals surface area contributed by atoms with Crippen LogP contribution in [0.2, 0.25) is 0 Å². The molecular formula is C15H19N5O2. The predicted octanol–water partition coefficient (Wildman–Crippen LogP) is 0.879. The highest BCUT2D eigenvalue weighted by molar-refractivity contribution is 5.91. The van der Waals surface area contributed by atoms with Crippen LogP contribution in [-0.2, 0) is 4.79 Å². The number of aromatic nitrogens is 3. The number of hydrogen-bond acceptors (Lipinski definition) is 4. The summed E-state index contributed by atoms with van der Waals surface area (Å²) in [5, 5.41) is 11.0. The Morgan fingerprint density at radius 3 is 2.55 bits per heavy atom. The van der Waals surface area contributed by atoms with E-state index in [2.05, 4.69) is 21.6 Å². The molecular weight excluding hydrogens is 282 g/mol. The van der Waals surface area contributed by atoms with Gasteiger partial charge in [0.1, 0.15) is 0 Å². The van der Waals surface area contributed by atoms with Gasteiger partial charge >= 0.3 is 0 Å². The quantitative estimate of drug-likeness (QED) is 0.773. The van der Waals surface area contributed by atoms with Crippen LogP contribution in [-0.4, -0.2) is 33.4 Å². The zero-order valence-corrected chi connectivity index (χ0v) is 12.7. The number of nitrogens with one attached hydrogen (secondary N) is 1. The first-order valence-electron chi connectivity index (χ1n) is 7.03. The minimum atomic E-state index is -0.380. The van der Waals surface area contributed by atoms with Crippen LogP contribution in [0, 0.1) is 13.8 Å². The fraction of sp³-hybridized carbons (Fsp3) is 0.333. The van der Waals surface area contributed by atoms with E-state index in [4.69, 9.17) is 5.73 Å². The summed E-state index contributed by atoms with van der Waals surface area (Å²) < 4.78 is 0. The molecule has 1 heterocycles. The molecule has 0 aliphatic rings. The summed E-state index contributed by atoms with van der Waals surface area (Å²) in [4.78, 5) is 24.0. The third kappa shape index (κ3) is 4.15. The summed E-state index contributed by atoms with van der Waals surface area (Å²) in [6.07, 6.45) is 2.17. The summed E-state index contributed by atoms with van der Waals surface area (Å²) in [7, 11) is 0. The molecule has 7 heteroatoms. The molecule has 1 aromatic carbocycles. The van der Waals surface area contributed by atoms with Gasteiger partial charge in [0.15, 0.2) is 5.69 Å². The van der Waals surface area contributed by atoms with Crippen LogP contribution < -0.4 is 11.1 Å². The van der Waals surface area contributed by atoms with Gasteiger partial charge in [0.05, 0.1) is 11.9 Å². The number of aryl methyl sites for hydroxylation is 2. The van der Waals surface area contributed by atoms with Gasteiger partial charge in [-0.15, -0.1) is 5.10 Å². The number of amides is 2. The van der Waals surface area contributed by atoms with Crippen molar-refractivity contribution in [2.75, 3.05) is 6.54 Å². The van der Waals surface area contributed by atoms with E-state index in [9.17, 15) is 9.59 Å². The van der Waals surface area contributed by atoms with E-state index < -0.39 is 0 Å². The number of nitrogens with zero attached hydrogens (tertiary/aromatic N) is 3. The zero-order chi connectivity index (χ0) is 16.1.